The number of hydrogen-bond donors (Lipinski definition) is 0. The topological polar surface area (TPSA) is 0 Å². The Bertz CT molecular complexity index is 1180. The molecule has 1 atom stereocenters. The summed E-state index contributed by atoms with van der Waals surface area (Å²) in [5.41, 5.74) is 11.6. The van der Waals surface area contributed by atoms with Gasteiger partial charge in [-0.05, 0) is 17.4 Å². The summed E-state index contributed by atoms with van der Waals surface area (Å²) < 4.78 is 3.34. The third-order valence-electron chi connectivity index (χ3n) is 7.06. The van der Waals surface area contributed by atoms with Crippen LogP contribution in [0, 0.1) is 37.0 Å². The Morgan fingerprint density at radius 1 is 0.860 bits per heavy atom. The molecule has 0 N–H and O–H groups in total. The van der Waals surface area contributed by atoms with E-state index in [1.807, 2.05) is 30.3 Å². The van der Waals surface area contributed by atoms with Crippen LogP contribution in [-0.4, -0.2) is 4.21 Å². The van der Waals surface area contributed by atoms with E-state index in [-0.39, 0.29) is 35.6 Å². The van der Waals surface area contributed by atoms with Crippen molar-refractivity contribution >= 4 is 29.0 Å². The van der Waals surface area contributed by atoms with E-state index in [0.29, 0.717) is 11.8 Å². The smallest absolute Gasteiger partial charge is 0.171 e. The van der Waals surface area contributed by atoms with Gasteiger partial charge >= 0.3 is 28.4 Å². The number of allylic oxidation sites excluding steroid dienone is 4. The number of benzene rings is 3. The zero-order valence-corrected chi connectivity index (χ0v) is 32.5. The van der Waals surface area contributed by atoms with Crippen LogP contribution in [-0.2, 0) is 41.5 Å². The molecule has 3 aromatic rings. The van der Waals surface area contributed by atoms with Crippen LogP contribution in [0.4, 0.5) is 0 Å². The van der Waals surface area contributed by atoms with Crippen molar-refractivity contribution < 1.29 is 24.2 Å². The minimum atomic E-state index is 0. The fourth-order valence-corrected chi connectivity index (χ4v) is 4.81. The number of hydrogen-bond acceptors (Lipinski definition) is 0. The second-order valence-corrected chi connectivity index (χ2v) is 12.7. The van der Waals surface area contributed by atoms with Crippen LogP contribution in [0.3, 0.4) is 0 Å². The van der Waals surface area contributed by atoms with Crippen LogP contribution >= 0.6 is 24.8 Å². The Kier molecular flexibility index (Phi) is 20.8. The summed E-state index contributed by atoms with van der Waals surface area (Å²) in [6.07, 6.45) is 6.71. The van der Waals surface area contributed by atoms with Crippen molar-refractivity contribution in [2.45, 2.75) is 93.4 Å². The molecule has 0 aromatic heterocycles. The Balaban J connectivity index is 0. The van der Waals surface area contributed by atoms with E-state index < -0.39 is 0 Å². The number of rotatable bonds is 1. The predicted octanol–water partition coefficient (Wildman–Crippen LogP) is 11.8. The van der Waals surface area contributed by atoms with Gasteiger partial charge in [0.2, 0.25) is 0 Å². The molecule has 0 radical (unpaired) electrons. The molecule has 2 aliphatic rings. The first kappa shape index (κ1) is 43.6. The van der Waals surface area contributed by atoms with Crippen LogP contribution in [0.2, 0.25) is 0 Å². The first-order valence-electron chi connectivity index (χ1n) is 14.8. The molecule has 0 spiro atoms. The van der Waals surface area contributed by atoms with Gasteiger partial charge in [-0.25, -0.2) is 5.57 Å². The van der Waals surface area contributed by atoms with Gasteiger partial charge < -0.3 is 6.92 Å². The summed E-state index contributed by atoms with van der Waals surface area (Å²) in [5, 5.41) is 0. The molecule has 1 unspecified atom stereocenters. The summed E-state index contributed by atoms with van der Waals surface area (Å²) in [5.74, 6) is 1.20. The first-order chi connectivity index (χ1) is 19.3. The molecule has 43 heavy (non-hydrogen) atoms. The van der Waals surface area contributed by atoms with Gasteiger partial charge in [0.05, 0.1) is 0 Å². The molecular weight excluding hydrogens is 643 g/mol. The summed E-state index contributed by atoms with van der Waals surface area (Å²) >= 11 is 1.30. The van der Waals surface area contributed by atoms with Gasteiger partial charge in [0.15, 0.2) is 0 Å². The van der Waals surface area contributed by atoms with E-state index in [9.17, 15) is 0 Å². The van der Waals surface area contributed by atoms with Crippen molar-refractivity contribution in [3.63, 3.8) is 0 Å². The van der Waals surface area contributed by atoms with Crippen molar-refractivity contribution in [3.8, 4) is 11.1 Å². The third kappa shape index (κ3) is 13.6. The second-order valence-electron chi connectivity index (χ2n) is 12.7. The molecule has 3 heteroatoms. The molecule has 0 fully saturated rings. The molecule has 236 valence electrons. The molecular formula is C40H54Cl2Zr-4. The van der Waals surface area contributed by atoms with E-state index in [1.54, 1.807) is 6.92 Å². The van der Waals surface area contributed by atoms with E-state index in [2.05, 4.69) is 135 Å². The van der Waals surface area contributed by atoms with Crippen molar-refractivity contribution in [2.75, 3.05) is 0 Å². The maximum absolute atomic E-state index is 3.53. The van der Waals surface area contributed by atoms with Gasteiger partial charge in [0.1, 0.15) is 0 Å². The Hall–Kier alpha value is -1.53. The van der Waals surface area contributed by atoms with Crippen molar-refractivity contribution in [1.29, 1.82) is 0 Å². The second kappa shape index (κ2) is 20.5. The van der Waals surface area contributed by atoms with E-state index >= 15 is 0 Å². The summed E-state index contributed by atoms with van der Waals surface area (Å²) in [6.45, 7) is 27.4. The van der Waals surface area contributed by atoms with Crippen LogP contribution in [0.5, 0.6) is 0 Å². The molecule has 0 nitrogen and oxygen atoms in total. The Labute approximate surface area is 293 Å². The minimum absolute atomic E-state index is 0. The first-order valence-corrected chi connectivity index (χ1v) is 16.5. The van der Waals surface area contributed by atoms with Gasteiger partial charge in [0, 0.05) is 0 Å². The van der Waals surface area contributed by atoms with Gasteiger partial charge in [-0.2, -0.15) is 84.3 Å². The molecule has 2 aliphatic carbocycles. The summed E-state index contributed by atoms with van der Waals surface area (Å²) in [6, 6.07) is 27.6. The maximum atomic E-state index is 3.53. The normalized spacial score (nSPS) is 14.0. The molecule has 3 aromatic carbocycles. The largest absolute Gasteiger partial charge is 0.184 e. The zero-order valence-electron chi connectivity index (χ0n) is 28.4. The van der Waals surface area contributed by atoms with Gasteiger partial charge in [-0.1, -0.05) is 116 Å². The standard InChI is InChI=1S/C21H25.C10H15.C6H5.C2H5.CH2.2ClH.Zr/c1-20(2,3)16-9-7-14-11-15-8-10-17(21(4,5)6)13-19(15)18(14)12-16;1-7(2)10-6-8(3)5-9(10)4;1-2-4-6-5-3-1;1-2;;;;/h7,9-10,12-13H,11H2,1-6H3;6-8H,1-4H3;1-5H;1H2,2H3;1H2;2*1H;/q4*-1;;;;. The average molecular weight is 697 g/mol. The number of halogens is 2. The van der Waals surface area contributed by atoms with E-state index in [0.717, 1.165) is 6.42 Å². The van der Waals surface area contributed by atoms with Gasteiger partial charge in [0.25, 0.3) is 0 Å². The zero-order chi connectivity index (χ0) is 31.4. The van der Waals surface area contributed by atoms with Crippen LogP contribution in [0.25, 0.3) is 11.1 Å². The van der Waals surface area contributed by atoms with Gasteiger partial charge in [-0.3, -0.25) is 6.08 Å². The van der Waals surface area contributed by atoms with Crippen LogP contribution in [0.15, 0.2) is 77.9 Å². The average Bonchev–Trinajstić information content (AvgIpc) is 3.49. The maximum Gasteiger partial charge on any atom is -0.171 e. The van der Waals surface area contributed by atoms with E-state index in [4.69, 9.17) is 0 Å². The molecule has 0 bridgehead atoms. The Morgan fingerprint density at radius 2 is 1.40 bits per heavy atom. The third-order valence-corrected chi connectivity index (χ3v) is 7.06. The van der Waals surface area contributed by atoms with Gasteiger partial charge in [-0.15, -0.1) is 30.4 Å². The predicted molar refractivity (Wildman–Crippen MR) is 193 cm³/mol. The molecule has 5 rings (SSSR count). The summed E-state index contributed by atoms with van der Waals surface area (Å²) in [7, 11) is 0. The molecule has 0 heterocycles. The monoisotopic (exact) mass is 694 g/mol. The molecule has 0 amide bonds. The van der Waals surface area contributed by atoms with Crippen LogP contribution < -0.4 is 0 Å². The van der Waals surface area contributed by atoms with E-state index in [1.165, 1.54) is 68.8 Å². The van der Waals surface area contributed by atoms with Crippen LogP contribution in [0.1, 0.15) is 98.4 Å². The summed E-state index contributed by atoms with van der Waals surface area (Å²) in [4.78, 5) is 0. The SMILES string of the molecule is CC(C)(C)c1c[c-]c2c(c1)-c1cc(C(C)(C)C)ccc1C2.CC1=[C-]C(C)C=C1C(C)C.Cl.Cl.[CH2-]C.[CH2]=[Zr].[c-]1ccccc1. The Morgan fingerprint density at radius 3 is 1.77 bits per heavy atom. The number of fused-ring (bicyclic) bond motifs is 3. The quantitative estimate of drug-likeness (QED) is 0.174. The van der Waals surface area contributed by atoms with Crippen molar-refractivity contribution in [1.82, 2.24) is 0 Å². The fourth-order valence-electron chi connectivity index (χ4n) is 4.81. The molecule has 0 aliphatic heterocycles. The minimum Gasteiger partial charge on any atom is -0.184 e. The van der Waals surface area contributed by atoms with Crippen molar-refractivity contribution in [2.24, 2.45) is 11.8 Å². The fraction of sp³-hybridized carbons (Fsp3) is 0.400. The van der Waals surface area contributed by atoms with Crippen molar-refractivity contribution in [3.05, 3.63) is 125 Å². The molecule has 0 saturated heterocycles. The molecule has 0 saturated carbocycles.